The second-order valence-corrected chi connectivity index (χ2v) is 10.5. The second-order valence-electron chi connectivity index (χ2n) is 10.5. The van der Waals surface area contributed by atoms with Crippen molar-refractivity contribution in [1.82, 2.24) is 14.8 Å². The molecule has 3 aromatic rings. The van der Waals surface area contributed by atoms with E-state index < -0.39 is 0 Å². The number of rotatable bonds is 4. The molecule has 4 aliphatic rings. The average Bonchev–Trinajstić information content (AvgIpc) is 3.13. The topological polar surface area (TPSA) is 30.7 Å². The van der Waals surface area contributed by atoms with Crippen LogP contribution in [0.2, 0.25) is 0 Å². The summed E-state index contributed by atoms with van der Waals surface area (Å²) >= 11 is 0. The number of aryl methyl sites for hydroxylation is 2. The molecule has 7 rings (SSSR count). The van der Waals surface area contributed by atoms with Gasteiger partial charge in [-0.15, -0.1) is 0 Å². The Morgan fingerprint density at radius 2 is 1.53 bits per heavy atom. The number of hydrogen-bond acceptors (Lipinski definition) is 2. The van der Waals surface area contributed by atoms with E-state index in [1.165, 1.54) is 60.8 Å². The van der Waals surface area contributed by atoms with E-state index >= 15 is 0 Å². The molecule has 4 saturated carbocycles. The molecule has 4 aliphatic carbocycles. The maximum absolute atomic E-state index is 5.28. The van der Waals surface area contributed by atoms with Crippen molar-refractivity contribution in [2.75, 3.05) is 0 Å². The molecule has 154 valence electrons. The molecule has 0 spiro atoms. The highest BCUT2D eigenvalue weighted by molar-refractivity contribution is 5.57. The second kappa shape index (κ2) is 6.80. The first kappa shape index (κ1) is 18.4. The van der Waals surface area contributed by atoms with Crippen LogP contribution >= 0.6 is 0 Å². The zero-order chi connectivity index (χ0) is 20.3. The van der Waals surface area contributed by atoms with Gasteiger partial charge in [0.05, 0.1) is 6.54 Å². The Morgan fingerprint density at radius 1 is 0.867 bits per heavy atom. The van der Waals surface area contributed by atoms with Crippen LogP contribution in [0.3, 0.4) is 0 Å². The van der Waals surface area contributed by atoms with Crippen molar-refractivity contribution in [1.29, 1.82) is 0 Å². The first-order valence-electron chi connectivity index (χ1n) is 11.6. The van der Waals surface area contributed by atoms with Gasteiger partial charge in [0.15, 0.2) is 11.6 Å². The van der Waals surface area contributed by atoms with Gasteiger partial charge in [0.1, 0.15) is 0 Å². The van der Waals surface area contributed by atoms with E-state index in [1.807, 2.05) is 0 Å². The number of aromatic nitrogens is 3. The molecule has 1 aromatic heterocycles. The maximum atomic E-state index is 5.28. The van der Waals surface area contributed by atoms with Crippen LogP contribution in [0.15, 0.2) is 48.5 Å². The Hall–Kier alpha value is -2.42. The van der Waals surface area contributed by atoms with Gasteiger partial charge in [0.2, 0.25) is 0 Å². The van der Waals surface area contributed by atoms with Crippen molar-refractivity contribution >= 4 is 0 Å². The number of hydrogen-bond donors (Lipinski definition) is 0. The first-order chi connectivity index (χ1) is 14.6. The zero-order valence-electron chi connectivity index (χ0n) is 18.1. The lowest BCUT2D eigenvalue weighted by molar-refractivity contribution is -0.00941. The molecular formula is C27H31N3. The third-order valence-electron chi connectivity index (χ3n) is 7.91. The fourth-order valence-electron chi connectivity index (χ4n) is 6.93. The first-order valence-corrected chi connectivity index (χ1v) is 11.6. The largest absolute Gasteiger partial charge is 0.241 e. The lowest BCUT2D eigenvalue weighted by Gasteiger charge is -2.55. The molecule has 0 N–H and O–H groups in total. The Balaban J connectivity index is 1.43. The van der Waals surface area contributed by atoms with Gasteiger partial charge in [-0.25, -0.2) is 9.67 Å². The Labute approximate surface area is 179 Å². The molecule has 4 bridgehead atoms. The summed E-state index contributed by atoms with van der Waals surface area (Å²) in [5.74, 6) is 4.88. The highest BCUT2D eigenvalue weighted by atomic mass is 15.4. The summed E-state index contributed by atoms with van der Waals surface area (Å²) in [4.78, 5) is 5.28. The minimum Gasteiger partial charge on any atom is -0.241 e. The predicted octanol–water partition coefficient (Wildman–Crippen LogP) is 6.08. The van der Waals surface area contributed by atoms with Crippen LogP contribution in [-0.4, -0.2) is 14.8 Å². The van der Waals surface area contributed by atoms with Crippen molar-refractivity contribution in [2.45, 2.75) is 64.3 Å². The zero-order valence-corrected chi connectivity index (χ0v) is 18.1. The highest BCUT2D eigenvalue weighted by Gasteiger charge is 2.53. The van der Waals surface area contributed by atoms with Gasteiger partial charge in [-0.1, -0.05) is 53.6 Å². The number of nitrogens with zero attached hydrogens (tertiary/aromatic N) is 3. The maximum Gasteiger partial charge on any atom is 0.158 e. The molecule has 0 unspecified atom stereocenters. The molecular weight excluding hydrogens is 366 g/mol. The minimum atomic E-state index is 0.228. The SMILES string of the molecule is Cc1ccc(Cn2nc(C34CC5CC(CC(C5)C3)C4)nc2-c2cccc(C)c2)cc1. The Kier molecular flexibility index (Phi) is 4.16. The summed E-state index contributed by atoms with van der Waals surface area (Å²) in [5.41, 5.74) is 5.27. The third-order valence-corrected chi connectivity index (χ3v) is 7.91. The van der Waals surface area contributed by atoms with Gasteiger partial charge in [0.25, 0.3) is 0 Å². The summed E-state index contributed by atoms with van der Waals surface area (Å²) in [5, 5.41) is 5.23. The van der Waals surface area contributed by atoms with Crippen LogP contribution in [0.25, 0.3) is 11.4 Å². The summed E-state index contributed by atoms with van der Waals surface area (Å²) in [7, 11) is 0. The summed E-state index contributed by atoms with van der Waals surface area (Å²) < 4.78 is 2.17. The lowest BCUT2D eigenvalue weighted by atomic mass is 9.49. The van der Waals surface area contributed by atoms with Gasteiger partial charge in [-0.05, 0) is 81.8 Å². The van der Waals surface area contributed by atoms with E-state index in [0.717, 1.165) is 35.9 Å². The summed E-state index contributed by atoms with van der Waals surface area (Å²) in [6, 6.07) is 17.6. The highest BCUT2D eigenvalue weighted by Crippen LogP contribution is 2.60. The van der Waals surface area contributed by atoms with Crippen LogP contribution in [-0.2, 0) is 12.0 Å². The van der Waals surface area contributed by atoms with Crippen LogP contribution in [0.4, 0.5) is 0 Å². The Morgan fingerprint density at radius 3 is 2.17 bits per heavy atom. The fourth-order valence-corrected chi connectivity index (χ4v) is 6.93. The van der Waals surface area contributed by atoms with Gasteiger partial charge in [-0.2, -0.15) is 5.10 Å². The van der Waals surface area contributed by atoms with Gasteiger partial charge >= 0.3 is 0 Å². The average molecular weight is 398 g/mol. The lowest BCUT2D eigenvalue weighted by Crippen LogP contribution is -2.49. The van der Waals surface area contributed by atoms with Crippen LogP contribution in [0.5, 0.6) is 0 Å². The summed E-state index contributed by atoms with van der Waals surface area (Å²) in [6.45, 7) is 5.08. The number of benzene rings is 2. The molecule has 0 amide bonds. The Bertz CT molecular complexity index is 1040. The van der Waals surface area contributed by atoms with Crippen LogP contribution < -0.4 is 0 Å². The van der Waals surface area contributed by atoms with Crippen LogP contribution in [0, 0.1) is 31.6 Å². The molecule has 2 aromatic carbocycles. The smallest absolute Gasteiger partial charge is 0.158 e. The van der Waals surface area contributed by atoms with E-state index in [9.17, 15) is 0 Å². The molecule has 0 radical (unpaired) electrons. The van der Waals surface area contributed by atoms with Crippen molar-refractivity contribution in [3.8, 4) is 11.4 Å². The monoisotopic (exact) mass is 397 g/mol. The molecule has 1 heterocycles. The normalized spacial score (nSPS) is 29.5. The van der Waals surface area contributed by atoms with E-state index in [-0.39, 0.29) is 5.41 Å². The van der Waals surface area contributed by atoms with Crippen LogP contribution in [0.1, 0.15) is 61.0 Å². The van der Waals surface area contributed by atoms with Crippen molar-refractivity contribution < 1.29 is 0 Å². The van der Waals surface area contributed by atoms with Crippen molar-refractivity contribution in [3.63, 3.8) is 0 Å². The van der Waals surface area contributed by atoms with Crippen molar-refractivity contribution in [2.24, 2.45) is 17.8 Å². The molecule has 0 saturated heterocycles. The molecule has 30 heavy (non-hydrogen) atoms. The minimum absolute atomic E-state index is 0.228. The van der Waals surface area contributed by atoms with Gasteiger partial charge in [0, 0.05) is 11.0 Å². The van der Waals surface area contributed by atoms with Gasteiger partial charge < -0.3 is 0 Å². The quantitative estimate of drug-likeness (QED) is 0.534. The van der Waals surface area contributed by atoms with E-state index in [1.54, 1.807) is 0 Å². The molecule has 0 aliphatic heterocycles. The molecule has 3 nitrogen and oxygen atoms in total. The predicted molar refractivity (Wildman–Crippen MR) is 120 cm³/mol. The molecule has 4 fully saturated rings. The fraction of sp³-hybridized carbons (Fsp3) is 0.481. The van der Waals surface area contributed by atoms with Crippen molar-refractivity contribution in [3.05, 3.63) is 71.0 Å². The van der Waals surface area contributed by atoms with E-state index in [4.69, 9.17) is 10.1 Å². The molecule has 0 atom stereocenters. The van der Waals surface area contributed by atoms with Gasteiger partial charge in [-0.3, -0.25) is 0 Å². The third kappa shape index (κ3) is 3.10. The van der Waals surface area contributed by atoms with E-state index in [0.29, 0.717) is 0 Å². The standard InChI is InChI=1S/C27H31N3/c1-18-6-8-20(9-7-18)17-30-25(24-5-3-4-19(2)10-24)28-26(29-30)27-14-21-11-22(15-27)13-23(12-21)16-27/h3-10,21-23H,11-17H2,1-2H3. The van der Waals surface area contributed by atoms with E-state index in [2.05, 4.69) is 67.1 Å². The summed E-state index contributed by atoms with van der Waals surface area (Å²) in [6.07, 6.45) is 8.28. The molecule has 3 heteroatoms.